The standard InChI is InChI=1S/C28H41NOS/c1-4-7-9-13-19-29-23-16-17-25-24(20-23)26(22-14-11-10-12-15-22)27(30)28(6-3,21-31-25)18-8-5-2/h10-12,14-17,20,26-27,29-30H,4-9,13,18-19,21H2,1-3H3/t26-,27-,28+/m1/s1. The first kappa shape index (κ1) is 24.2. The molecule has 3 heteroatoms. The number of hydrogen-bond acceptors (Lipinski definition) is 3. The number of hydrogen-bond donors (Lipinski definition) is 2. The third-order valence-electron chi connectivity index (χ3n) is 7.05. The van der Waals surface area contributed by atoms with E-state index in [1.807, 2.05) is 11.8 Å². The molecule has 31 heavy (non-hydrogen) atoms. The van der Waals surface area contributed by atoms with Gasteiger partial charge in [0, 0.05) is 34.2 Å². The van der Waals surface area contributed by atoms with E-state index in [1.165, 1.54) is 60.2 Å². The fourth-order valence-electron chi connectivity index (χ4n) is 4.91. The molecule has 2 nitrogen and oxygen atoms in total. The molecule has 0 unspecified atom stereocenters. The van der Waals surface area contributed by atoms with Crippen LogP contribution in [0.5, 0.6) is 0 Å². The highest BCUT2D eigenvalue weighted by atomic mass is 32.2. The maximum atomic E-state index is 11.9. The molecule has 2 N–H and O–H groups in total. The molecule has 0 saturated carbocycles. The van der Waals surface area contributed by atoms with Crippen molar-refractivity contribution in [3.8, 4) is 0 Å². The largest absolute Gasteiger partial charge is 0.392 e. The summed E-state index contributed by atoms with van der Waals surface area (Å²) >= 11 is 1.95. The van der Waals surface area contributed by atoms with Gasteiger partial charge in [-0.25, -0.2) is 0 Å². The summed E-state index contributed by atoms with van der Waals surface area (Å²) in [6, 6.07) is 17.5. The Labute approximate surface area is 194 Å². The number of anilines is 1. The van der Waals surface area contributed by atoms with E-state index in [2.05, 4.69) is 74.6 Å². The topological polar surface area (TPSA) is 32.3 Å². The van der Waals surface area contributed by atoms with Crippen molar-refractivity contribution in [3.63, 3.8) is 0 Å². The number of rotatable bonds is 11. The summed E-state index contributed by atoms with van der Waals surface area (Å²) in [5.41, 5.74) is 3.65. The predicted octanol–water partition coefficient (Wildman–Crippen LogP) is 7.86. The summed E-state index contributed by atoms with van der Waals surface area (Å²) in [5.74, 6) is 1.01. The van der Waals surface area contributed by atoms with Gasteiger partial charge >= 0.3 is 0 Å². The predicted molar refractivity (Wildman–Crippen MR) is 136 cm³/mol. The SMILES string of the molecule is CCCCCCNc1ccc2c(c1)[C@@H](c1ccccc1)[C@@H](O)[C@@](CC)(CCCC)CS2. The van der Waals surface area contributed by atoms with Crippen molar-refractivity contribution in [2.75, 3.05) is 17.6 Å². The van der Waals surface area contributed by atoms with Crippen molar-refractivity contribution >= 4 is 17.4 Å². The van der Waals surface area contributed by atoms with E-state index in [1.54, 1.807) is 0 Å². The van der Waals surface area contributed by atoms with Crippen LogP contribution in [0.2, 0.25) is 0 Å². The summed E-state index contributed by atoms with van der Waals surface area (Å²) in [5, 5.41) is 15.6. The van der Waals surface area contributed by atoms with Gasteiger partial charge in [0.25, 0.3) is 0 Å². The highest BCUT2D eigenvalue weighted by Gasteiger charge is 2.44. The lowest BCUT2D eigenvalue weighted by atomic mass is 9.69. The number of nitrogens with one attached hydrogen (secondary N) is 1. The second-order valence-corrected chi connectivity index (χ2v) is 10.2. The third-order valence-corrected chi connectivity index (χ3v) is 8.46. The number of benzene rings is 2. The van der Waals surface area contributed by atoms with E-state index in [9.17, 15) is 5.11 Å². The summed E-state index contributed by atoms with van der Waals surface area (Å²) in [6.07, 6.45) is 9.15. The number of thioether (sulfide) groups is 1. The Kier molecular flexibility index (Phi) is 9.34. The first-order valence-electron chi connectivity index (χ1n) is 12.4. The average molecular weight is 440 g/mol. The lowest BCUT2D eigenvalue weighted by molar-refractivity contribution is 0.0182. The fourth-order valence-corrected chi connectivity index (χ4v) is 6.39. The number of aliphatic hydroxyl groups excluding tert-OH is 1. The molecule has 0 bridgehead atoms. The van der Waals surface area contributed by atoms with E-state index in [-0.39, 0.29) is 17.4 Å². The molecule has 2 aromatic rings. The van der Waals surface area contributed by atoms with Crippen LogP contribution in [-0.4, -0.2) is 23.5 Å². The minimum absolute atomic E-state index is 0.0184. The zero-order chi connectivity index (χ0) is 22.1. The fraction of sp³-hybridized carbons (Fsp3) is 0.571. The molecule has 3 atom stereocenters. The van der Waals surface area contributed by atoms with E-state index in [0.717, 1.165) is 25.1 Å². The summed E-state index contributed by atoms with van der Waals surface area (Å²) in [7, 11) is 0. The van der Waals surface area contributed by atoms with Gasteiger partial charge in [-0.15, -0.1) is 11.8 Å². The van der Waals surface area contributed by atoms with Crippen LogP contribution in [0.4, 0.5) is 5.69 Å². The average Bonchev–Trinajstić information content (AvgIpc) is 2.92. The van der Waals surface area contributed by atoms with Crippen molar-refractivity contribution in [3.05, 3.63) is 59.7 Å². The molecule has 170 valence electrons. The Morgan fingerprint density at radius 2 is 1.74 bits per heavy atom. The minimum Gasteiger partial charge on any atom is -0.392 e. The van der Waals surface area contributed by atoms with Gasteiger partial charge in [0.15, 0.2) is 0 Å². The van der Waals surface area contributed by atoms with Gasteiger partial charge in [-0.1, -0.05) is 83.2 Å². The molecule has 2 aromatic carbocycles. The summed E-state index contributed by atoms with van der Waals surface area (Å²) in [6.45, 7) is 7.78. The molecule has 0 radical (unpaired) electrons. The number of unbranched alkanes of at least 4 members (excludes halogenated alkanes) is 4. The first-order valence-corrected chi connectivity index (χ1v) is 13.4. The Hall–Kier alpha value is -1.45. The zero-order valence-corrected chi connectivity index (χ0v) is 20.5. The summed E-state index contributed by atoms with van der Waals surface area (Å²) in [4.78, 5) is 1.33. The van der Waals surface area contributed by atoms with Crippen LogP contribution in [0.15, 0.2) is 53.4 Å². The smallest absolute Gasteiger partial charge is 0.0713 e. The maximum Gasteiger partial charge on any atom is 0.0713 e. The van der Waals surface area contributed by atoms with Gasteiger partial charge in [0.05, 0.1) is 6.10 Å². The lowest BCUT2D eigenvalue weighted by Crippen LogP contribution is -2.40. The monoisotopic (exact) mass is 439 g/mol. The molecule has 1 aliphatic rings. The molecule has 0 fully saturated rings. The Morgan fingerprint density at radius 1 is 0.968 bits per heavy atom. The van der Waals surface area contributed by atoms with Crippen LogP contribution < -0.4 is 5.32 Å². The molecule has 3 rings (SSSR count). The van der Waals surface area contributed by atoms with Gasteiger partial charge in [-0.2, -0.15) is 0 Å². The van der Waals surface area contributed by atoms with Crippen molar-refractivity contribution in [2.24, 2.45) is 5.41 Å². The molecular formula is C28H41NOS. The Morgan fingerprint density at radius 3 is 2.45 bits per heavy atom. The van der Waals surface area contributed by atoms with Gasteiger partial charge in [0.2, 0.25) is 0 Å². The Balaban J connectivity index is 1.94. The van der Waals surface area contributed by atoms with E-state index in [0.29, 0.717) is 0 Å². The lowest BCUT2D eigenvalue weighted by Gasteiger charge is -2.39. The van der Waals surface area contributed by atoms with E-state index >= 15 is 0 Å². The van der Waals surface area contributed by atoms with Gasteiger partial charge in [-0.3, -0.25) is 0 Å². The Bertz CT molecular complexity index is 793. The molecule has 1 aliphatic heterocycles. The highest BCUT2D eigenvalue weighted by molar-refractivity contribution is 7.99. The number of fused-ring (bicyclic) bond motifs is 1. The maximum absolute atomic E-state index is 11.9. The quantitative estimate of drug-likeness (QED) is 0.349. The molecule has 0 spiro atoms. The van der Waals surface area contributed by atoms with Crippen LogP contribution in [0.3, 0.4) is 0 Å². The van der Waals surface area contributed by atoms with Gasteiger partial charge in [0.1, 0.15) is 0 Å². The molecule has 0 amide bonds. The van der Waals surface area contributed by atoms with Crippen molar-refractivity contribution in [2.45, 2.75) is 89.1 Å². The van der Waals surface area contributed by atoms with Crippen LogP contribution >= 0.6 is 11.8 Å². The minimum atomic E-state index is -0.375. The normalized spacial score (nSPS) is 23.2. The number of aliphatic hydroxyl groups is 1. The van der Waals surface area contributed by atoms with Crippen LogP contribution in [0, 0.1) is 5.41 Å². The van der Waals surface area contributed by atoms with Crippen LogP contribution in [-0.2, 0) is 0 Å². The summed E-state index contributed by atoms with van der Waals surface area (Å²) < 4.78 is 0. The first-order chi connectivity index (χ1) is 15.1. The van der Waals surface area contributed by atoms with Crippen molar-refractivity contribution in [1.82, 2.24) is 0 Å². The molecular weight excluding hydrogens is 398 g/mol. The van der Waals surface area contributed by atoms with Crippen LogP contribution in [0.25, 0.3) is 0 Å². The molecule has 1 heterocycles. The second kappa shape index (κ2) is 12.0. The zero-order valence-electron chi connectivity index (χ0n) is 19.7. The van der Waals surface area contributed by atoms with Crippen molar-refractivity contribution in [1.29, 1.82) is 0 Å². The van der Waals surface area contributed by atoms with Gasteiger partial charge < -0.3 is 10.4 Å². The molecule has 0 saturated heterocycles. The van der Waals surface area contributed by atoms with Crippen LogP contribution in [0.1, 0.15) is 89.2 Å². The third kappa shape index (κ3) is 5.87. The second-order valence-electron chi connectivity index (χ2n) is 9.18. The van der Waals surface area contributed by atoms with E-state index in [4.69, 9.17) is 0 Å². The van der Waals surface area contributed by atoms with Crippen molar-refractivity contribution < 1.29 is 5.11 Å². The van der Waals surface area contributed by atoms with E-state index < -0.39 is 0 Å². The molecule has 0 aromatic heterocycles. The highest BCUT2D eigenvalue weighted by Crippen LogP contribution is 2.51. The van der Waals surface area contributed by atoms with Gasteiger partial charge in [-0.05, 0) is 48.6 Å². The molecule has 0 aliphatic carbocycles.